The van der Waals surface area contributed by atoms with Crippen LogP contribution in [0.25, 0.3) is 33.4 Å². The molecular weight excluding hydrogens is 326 g/mol. The molecule has 6 heteroatoms. The van der Waals surface area contributed by atoms with Gasteiger partial charge < -0.3 is 4.52 Å². The number of rotatable bonds is 3. The number of hydrogen-bond donors (Lipinski definition) is 0. The summed E-state index contributed by atoms with van der Waals surface area (Å²) < 4.78 is 5.40. The van der Waals surface area contributed by atoms with Crippen LogP contribution in [-0.2, 0) is 0 Å². The van der Waals surface area contributed by atoms with Gasteiger partial charge in [0.05, 0.1) is 15.6 Å². The smallest absolute Gasteiger partial charge is 0.268 e. The minimum Gasteiger partial charge on any atom is -0.333 e. The number of aryl methyl sites for hydroxylation is 2. The molecule has 114 valence electrons. The number of thiazole rings is 1. The monoisotopic (exact) mass is 339 g/mol. The van der Waals surface area contributed by atoms with Crippen molar-refractivity contribution in [2.45, 2.75) is 13.8 Å². The molecule has 0 bridgehead atoms. The molecule has 0 aliphatic heterocycles. The Morgan fingerprint density at radius 1 is 1.00 bits per heavy atom. The fourth-order valence-corrected chi connectivity index (χ4v) is 3.72. The van der Waals surface area contributed by atoms with Crippen LogP contribution in [0.1, 0.15) is 9.88 Å². The number of benzene rings is 1. The van der Waals surface area contributed by atoms with Gasteiger partial charge in [-0.05, 0) is 32.0 Å². The quantitative estimate of drug-likeness (QED) is 0.514. The van der Waals surface area contributed by atoms with Crippen LogP contribution in [0.4, 0.5) is 0 Å². The second kappa shape index (κ2) is 5.72. The fourth-order valence-electron chi connectivity index (χ4n) is 2.30. The summed E-state index contributed by atoms with van der Waals surface area (Å²) in [5.41, 5.74) is 2.97. The molecule has 0 spiro atoms. The van der Waals surface area contributed by atoms with Crippen LogP contribution in [0, 0.1) is 13.8 Å². The average molecular weight is 339 g/mol. The first kappa shape index (κ1) is 14.3. The van der Waals surface area contributed by atoms with E-state index in [1.54, 1.807) is 22.7 Å². The molecule has 1 aromatic carbocycles. The van der Waals surface area contributed by atoms with E-state index in [0.717, 1.165) is 26.7 Å². The summed E-state index contributed by atoms with van der Waals surface area (Å²) in [6, 6.07) is 12.1. The molecule has 0 aliphatic carbocycles. The number of aromatic nitrogens is 3. The standard InChI is InChI=1S/C17H13N3OS2/c1-10-6-7-15(23-10)17-19-16(20-21-17)13-5-3-4-12(8-13)14-9-22-11(2)18-14/h3-9H,1-2H3. The van der Waals surface area contributed by atoms with Crippen molar-refractivity contribution in [2.24, 2.45) is 0 Å². The zero-order valence-electron chi connectivity index (χ0n) is 12.6. The van der Waals surface area contributed by atoms with E-state index in [2.05, 4.69) is 33.5 Å². The lowest BCUT2D eigenvalue weighted by Crippen LogP contribution is -1.83. The Morgan fingerprint density at radius 2 is 1.87 bits per heavy atom. The van der Waals surface area contributed by atoms with Gasteiger partial charge in [0.2, 0.25) is 5.82 Å². The van der Waals surface area contributed by atoms with E-state index in [0.29, 0.717) is 11.7 Å². The van der Waals surface area contributed by atoms with Gasteiger partial charge in [-0.15, -0.1) is 22.7 Å². The molecule has 0 fully saturated rings. The summed E-state index contributed by atoms with van der Waals surface area (Å²) in [7, 11) is 0. The number of hydrogen-bond acceptors (Lipinski definition) is 6. The van der Waals surface area contributed by atoms with Gasteiger partial charge >= 0.3 is 0 Å². The first-order chi connectivity index (χ1) is 11.2. The summed E-state index contributed by atoms with van der Waals surface area (Å²) in [4.78, 5) is 11.3. The van der Waals surface area contributed by atoms with Crippen molar-refractivity contribution < 1.29 is 4.52 Å². The van der Waals surface area contributed by atoms with Crippen molar-refractivity contribution in [1.29, 1.82) is 0 Å². The minimum atomic E-state index is 0.563. The zero-order valence-corrected chi connectivity index (χ0v) is 14.2. The first-order valence-corrected chi connectivity index (χ1v) is 8.82. The molecule has 4 rings (SSSR count). The van der Waals surface area contributed by atoms with Crippen molar-refractivity contribution in [2.75, 3.05) is 0 Å². The summed E-state index contributed by atoms with van der Waals surface area (Å²) in [5, 5.41) is 7.23. The maximum atomic E-state index is 5.40. The van der Waals surface area contributed by atoms with Crippen LogP contribution >= 0.6 is 22.7 Å². The van der Waals surface area contributed by atoms with E-state index >= 15 is 0 Å². The van der Waals surface area contributed by atoms with E-state index < -0.39 is 0 Å². The number of nitrogens with zero attached hydrogens (tertiary/aromatic N) is 3. The number of thiophene rings is 1. The van der Waals surface area contributed by atoms with Crippen molar-refractivity contribution in [3.8, 4) is 33.4 Å². The molecule has 23 heavy (non-hydrogen) atoms. The van der Waals surface area contributed by atoms with Gasteiger partial charge in [-0.2, -0.15) is 4.98 Å². The maximum absolute atomic E-state index is 5.40. The summed E-state index contributed by atoms with van der Waals surface area (Å²) in [6.45, 7) is 4.07. The van der Waals surface area contributed by atoms with E-state index in [1.807, 2.05) is 37.3 Å². The summed E-state index contributed by atoms with van der Waals surface area (Å²) in [6.07, 6.45) is 0. The topological polar surface area (TPSA) is 51.8 Å². The molecule has 0 saturated carbocycles. The Hall–Kier alpha value is -2.31. The predicted molar refractivity (Wildman–Crippen MR) is 93.6 cm³/mol. The zero-order chi connectivity index (χ0) is 15.8. The lowest BCUT2D eigenvalue weighted by Gasteiger charge is -1.99. The Morgan fingerprint density at radius 3 is 2.61 bits per heavy atom. The largest absolute Gasteiger partial charge is 0.333 e. The molecule has 0 saturated heterocycles. The highest BCUT2D eigenvalue weighted by atomic mass is 32.1. The van der Waals surface area contributed by atoms with Crippen LogP contribution in [0.15, 0.2) is 46.3 Å². The van der Waals surface area contributed by atoms with Crippen LogP contribution in [0.5, 0.6) is 0 Å². The van der Waals surface area contributed by atoms with Crippen LogP contribution in [-0.4, -0.2) is 15.1 Å². The average Bonchev–Trinajstić information content (AvgIpc) is 3.27. The van der Waals surface area contributed by atoms with Crippen molar-refractivity contribution >= 4 is 22.7 Å². The molecular formula is C17H13N3OS2. The lowest BCUT2D eigenvalue weighted by molar-refractivity contribution is 0.433. The van der Waals surface area contributed by atoms with Crippen LogP contribution < -0.4 is 0 Å². The minimum absolute atomic E-state index is 0.563. The second-order valence-electron chi connectivity index (χ2n) is 5.17. The third-order valence-electron chi connectivity index (χ3n) is 3.41. The molecule has 4 nitrogen and oxygen atoms in total. The molecule has 4 aromatic rings. The Bertz CT molecular complexity index is 968. The first-order valence-electron chi connectivity index (χ1n) is 7.12. The van der Waals surface area contributed by atoms with Crippen molar-refractivity contribution in [3.63, 3.8) is 0 Å². The SMILES string of the molecule is Cc1ccc(-c2nc(-c3cccc(-c4csc(C)n4)c3)no2)s1. The predicted octanol–water partition coefficient (Wildman–Crippen LogP) is 5.21. The van der Waals surface area contributed by atoms with Gasteiger partial charge in [-0.25, -0.2) is 4.98 Å². The van der Waals surface area contributed by atoms with E-state index in [-0.39, 0.29) is 0 Å². The Labute approximate surface area is 141 Å². The van der Waals surface area contributed by atoms with E-state index in [9.17, 15) is 0 Å². The highest BCUT2D eigenvalue weighted by molar-refractivity contribution is 7.15. The summed E-state index contributed by atoms with van der Waals surface area (Å²) >= 11 is 3.29. The Balaban J connectivity index is 1.70. The van der Waals surface area contributed by atoms with Gasteiger partial charge in [-0.3, -0.25) is 0 Å². The second-order valence-corrected chi connectivity index (χ2v) is 7.52. The fraction of sp³-hybridized carbons (Fsp3) is 0.118. The molecule has 0 amide bonds. The molecule has 0 atom stereocenters. The third kappa shape index (κ3) is 2.83. The highest BCUT2D eigenvalue weighted by Gasteiger charge is 2.13. The van der Waals surface area contributed by atoms with Crippen LogP contribution in [0.2, 0.25) is 0 Å². The van der Waals surface area contributed by atoms with Gasteiger partial charge in [0.1, 0.15) is 0 Å². The van der Waals surface area contributed by atoms with Gasteiger partial charge in [-0.1, -0.05) is 23.4 Å². The van der Waals surface area contributed by atoms with Gasteiger partial charge in [0.15, 0.2) is 0 Å². The lowest BCUT2D eigenvalue weighted by atomic mass is 10.1. The third-order valence-corrected chi connectivity index (χ3v) is 5.17. The normalized spacial score (nSPS) is 11.0. The molecule has 0 aliphatic rings. The molecule has 0 N–H and O–H groups in total. The Kier molecular flexibility index (Phi) is 3.55. The van der Waals surface area contributed by atoms with E-state index in [1.165, 1.54) is 4.88 Å². The van der Waals surface area contributed by atoms with Crippen molar-refractivity contribution in [3.05, 3.63) is 51.7 Å². The maximum Gasteiger partial charge on any atom is 0.268 e. The molecule has 3 heterocycles. The molecule has 0 unspecified atom stereocenters. The van der Waals surface area contributed by atoms with Crippen LogP contribution in [0.3, 0.4) is 0 Å². The molecule has 3 aromatic heterocycles. The van der Waals surface area contributed by atoms with Gasteiger partial charge in [0, 0.05) is 21.4 Å². The van der Waals surface area contributed by atoms with Crippen molar-refractivity contribution in [1.82, 2.24) is 15.1 Å². The highest BCUT2D eigenvalue weighted by Crippen LogP contribution is 2.30. The summed E-state index contributed by atoms with van der Waals surface area (Å²) in [5.74, 6) is 1.16. The molecule has 0 radical (unpaired) electrons. The van der Waals surface area contributed by atoms with Gasteiger partial charge in [0.25, 0.3) is 5.89 Å². The van der Waals surface area contributed by atoms with E-state index in [4.69, 9.17) is 4.52 Å².